The van der Waals surface area contributed by atoms with E-state index in [9.17, 15) is 13.6 Å². The SMILES string of the molecule is Cc1cc(C)nc(NC(=O)c2cc(F)cc(N)c2F)n1. The summed E-state index contributed by atoms with van der Waals surface area (Å²) >= 11 is 0. The van der Waals surface area contributed by atoms with Crippen LogP contribution in [-0.4, -0.2) is 15.9 Å². The van der Waals surface area contributed by atoms with Gasteiger partial charge in [-0.15, -0.1) is 0 Å². The first-order valence-corrected chi connectivity index (χ1v) is 5.75. The highest BCUT2D eigenvalue weighted by atomic mass is 19.1. The first-order valence-electron chi connectivity index (χ1n) is 5.75. The van der Waals surface area contributed by atoms with E-state index < -0.39 is 28.8 Å². The van der Waals surface area contributed by atoms with Crippen LogP contribution in [-0.2, 0) is 0 Å². The molecule has 0 aliphatic carbocycles. The highest BCUT2D eigenvalue weighted by molar-refractivity contribution is 6.04. The lowest BCUT2D eigenvalue weighted by atomic mass is 10.1. The number of nitrogens with zero attached hydrogens (tertiary/aromatic N) is 2. The van der Waals surface area contributed by atoms with Crippen LogP contribution in [0.4, 0.5) is 20.4 Å². The second kappa shape index (κ2) is 5.20. The predicted octanol–water partition coefficient (Wildman–Crippen LogP) is 2.21. The maximum absolute atomic E-state index is 13.7. The van der Waals surface area contributed by atoms with Crippen LogP contribution < -0.4 is 11.1 Å². The van der Waals surface area contributed by atoms with E-state index in [4.69, 9.17) is 5.73 Å². The molecule has 0 spiro atoms. The van der Waals surface area contributed by atoms with E-state index in [-0.39, 0.29) is 5.95 Å². The predicted molar refractivity (Wildman–Crippen MR) is 70.2 cm³/mol. The zero-order valence-electron chi connectivity index (χ0n) is 10.9. The Kier molecular flexibility index (Phi) is 3.60. The molecule has 0 saturated heterocycles. The number of anilines is 2. The van der Waals surface area contributed by atoms with Crippen LogP contribution in [0.5, 0.6) is 0 Å². The normalized spacial score (nSPS) is 10.4. The molecule has 2 aromatic rings. The molecule has 7 heteroatoms. The van der Waals surface area contributed by atoms with Crippen molar-refractivity contribution in [2.75, 3.05) is 11.1 Å². The molecule has 0 aliphatic heterocycles. The summed E-state index contributed by atoms with van der Waals surface area (Å²) in [6.07, 6.45) is 0. The van der Waals surface area contributed by atoms with Gasteiger partial charge in [0, 0.05) is 11.4 Å². The van der Waals surface area contributed by atoms with E-state index in [1.54, 1.807) is 19.9 Å². The Bertz CT molecular complexity index is 668. The fourth-order valence-corrected chi connectivity index (χ4v) is 1.73. The van der Waals surface area contributed by atoms with Gasteiger partial charge in [-0.25, -0.2) is 18.7 Å². The van der Waals surface area contributed by atoms with Crippen molar-refractivity contribution in [3.05, 3.63) is 46.8 Å². The third-order valence-electron chi connectivity index (χ3n) is 2.52. The highest BCUT2D eigenvalue weighted by Crippen LogP contribution is 2.18. The monoisotopic (exact) mass is 278 g/mol. The molecule has 0 radical (unpaired) electrons. The Morgan fingerprint density at radius 1 is 1.15 bits per heavy atom. The Labute approximate surface area is 113 Å². The molecule has 1 heterocycles. The maximum Gasteiger partial charge on any atom is 0.261 e. The lowest BCUT2D eigenvalue weighted by Crippen LogP contribution is -2.17. The first-order chi connectivity index (χ1) is 9.36. The van der Waals surface area contributed by atoms with Gasteiger partial charge in [-0.2, -0.15) is 0 Å². The van der Waals surface area contributed by atoms with Crippen LogP contribution >= 0.6 is 0 Å². The van der Waals surface area contributed by atoms with E-state index >= 15 is 0 Å². The van der Waals surface area contributed by atoms with E-state index in [1.807, 2.05) is 0 Å². The average molecular weight is 278 g/mol. The zero-order valence-corrected chi connectivity index (χ0v) is 10.9. The first kappa shape index (κ1) is 13.9. The lowest BCUT2D eigenvalue weighted by Gasteiger charge is -2.07. The van der Waals surface area contributed by atoms with Crippen molar-refractivity contribution >= 4 is 17.5 Å². The zero-order chi connectivity index (χ0) is 14.9. The fourth-order valence-electron chi connectivity index (χ4n) is 1.73. The molecule has 0 bridgehead atoms. The van der Waals surface area contributed by atoms with Gasteiger partial charge in [0.05, 0.1) is 11.3 Å². The van der Waals surface area contributed by atoms with Crippen LogP contribution in [0.3, 0.4) is 0 Å². The Morgan fingerprint density at radius 2 is 1.75 bits per heavy atom. The molecule has 0 unspecified atom stereocenters. The van der Waals surface area contributed by atoms with Gasteiger partial charge in [0.15, 0.2) is 5.82 Å². The molecule has 20 heavy (non-hydrogen) atoms. The summed E-state index contributed by atoms with van der Waals surface area (Å²) in [4.78, 5) is 19.9. The highest BCUT2D eigenvalue weighted by Gasteiger charge is 2.17. The second-order valence-corrected chi connectivity index (χ2v) is 4.28. The van der Waals surface area contributed by atoms with Gasteiger partial charge in [0.25, 0.3) is 5.91 Å². The number of aromatic nitrogens is 2. The summed E-state index contributed by atoms with van der Waals surface area (Å²) in [7, 11) is 0. The quantitative estimate of drug-likeness (QED) is 0.825. The van der Waals surface area contributed by atoms with Crippen molar-refractivity contribution < 1.29 is 13.6 Å². The average Bonchev–Trinajstić information content (AvgIpc) is 2.32. The van der Waals surface area contributed by atoms with Crippen molar-refractivity contribution in [2.24, 2.45) is 0 Å². The number of amides is 1. The van der Waals surface area contributed by atoms with E-state index in [1.165, 1.54) is 0 Å². The molecule has 1 amide bonds. The fraction of sp³-hybridized carbons (Fsp3) is 0.154. The number of hydrogen-bond donors (Lipinski definition) is 2. The molecule has 104 valence electrons. The minimum Gasteiger partial charge on any atom is -0.396 e. The number of carbonyl (C=O) groups is 1. The minimum absolute atomic E-state index is 0.0229. The van der Waals surface area contributed by atoms with Crippen molar-refractivity contribution in [1.82, 2.24) is 9.97 Å². The molecule has 0 aliphatic rings. The molecular weight excluding hydrogens is 266 g/mol. The van der Waals surface area contributed by atoms with Crippen LogP contribution in [0.2, 0.25) is 0 Å². The summed E-state index contributed by atoms with van der Waals surface area (Å²) in [5.74, 6) is -2.61. The number of carbonyl (C=O) groups excluding carboxylic acids is 1. The largest absolute Gasteiger partial charge is 0.396 e. The second-order valence-electron chi connectivity index (χ2n) is 4.28. The van der Waals surface area contributed by atoms with Crippen LogP contribution in [0.1, 0.15) is 21.7 Å². The number of halogens is 2. The number of benzene rings is 1. The number of nitrogens with two attached hydrogens (primary N) is 1. The number of hydrogen-bond acceptors (Lipinski definition) is 4. The van der Waals surface area contributed by atoms with E-state index in [0.29, 0.717) is 11.4 Å². The topological polar surface area (TPSA) is 80.9 Å². The standard InChI is InChI=1S/C13H12F2N4O/c1-6-3-7(2)18-13(17-6)19-12(20)9-4-8(14)5-10(16)11(9)15/h3-5H,16H2,1-2H3,(H,17,18,19,20). The van der Waals surface area contributed by atoms with Crippen LogP contribution in [0, 0.1) is 25.5 Å². The minimum atomic E-state index is -0.978. The van der Waals surface area contributed by atoms with E-state index in [0.717, 1.165) is 12.1 Å². The molecule has 2 rings (SSSR count). The number of rotatable bonds is 2. The Balaban J connectivity index is 2.33. The number of nitrogen functional groups attached to an aromatic ring is 1. The third kappa shape index (κ3) is 2.87. The Morgan fingerprint density at radius 3 is 2.35 bits per heavy atom. The third-order valence-corrected chi connectivity index (χ3v) is 2.52. The van der Waals surface area contributed by atoms with Gasteiger partial charge in [-0.05, 0) is 32.0 Å². The van der Waals surface area contributed by atoms with Gasteiger partial charge in [-0.3, -0.25) is 10.1 Å². The summed E-state index contributed by atoms with van der Waals surface area (Å²) < 4.78 is 26.9. The van der Waals surface area contributed by atoms with Crippen molar-refractivity contribution in [3.8, 4) is 0 Å². The van der Waals surface area contributed by atoms with Gasteiger partial charge in [0.2, 0.25) is 5.95 Å². The summed E-state index contributed by atoms with van der Waals surface area (Å²) in [5, 5.41) is 2.31. The molecule has 1 aromatic heterocycles. The summed E-state index contributed by atoms with van der Waals surface area (Å²) in [6.45, 7) is 3.45. The van der Waals surface area contributed by atoms with Crippen LogP contribution in [0.15, 0.2) is 18.2 Å². The number of aryl methyl sites for hydroxylation is 2. The van der Waals surface area contributed by atoms with Gasteiger partial charge in [-0.1, -0.05) is 0 Å². The Hall–Kier alpha value is -2.57. The van der Waals surface area contributed by atoms with Gasteiger partial charge < -0.3 is 5.73 Å². The van der Waals surface area contributed by atoms with Crippen molar-refractivity contribution in [1.29, 1.82) is 0 Å². The van der Waals surface area contributed by atoms with Crippen molar-refractivity contribution in [3.63, 3.8) is 0 Å². The van der Waals surface area contributed by atoms with Gasteiger partial charge in [0.1, 0.15) is 5.82 Å². The van der Waals surface area contributed by atoms with E-state index in [2.05, 4.69) is 15.3 Å². The smallest absolute Gasteiger partial charge is 0.261 e. The molecule has 3 N–H and O–H groups in total. The lowest BCUT2D eigenvalue weighted by molar-refractivity contribution is 0.102. The van der Waals surface area contributed by atoms with Gasteiger partial charge >= 0.3 is 0 Å². The number of nitrogens with one attached hydrogen (secondary N) is 1. The summed E-state index contributed by atoms with van der Waals surface area (Å²) in [5.41, 5.74) is 5.64. The molecular formula is C13H12F2N4O. The molecule has 5 nitrogen and oxygen atoms in total. The van der Waals surface area contributed by atoms with Crippen LogP contribution in [0.25, 0.3) is 0 Å². The maximum atomic E-state index is 13.7. The molecule has 0 fully saturated rings. The summed E-state index contributed by atoms with van der Waals surface area (Å²) in [6, 6.07) is 3.29. The molecule has 0 saturated carbocycles. The molecule has 0 atom stereocenters. The molecule has 1 aromatic carbocycles. The van der Waals surface area contributed by atoms with Crippen molar-refractivity contribution in [2.45, 2.75) is 13.8 Å².